The van der Waals surface area contributed by atoms with Crippen LogP contribution in [0, 0.1) is 0 Å². The van der Waals surface area contributed by atoms with E-state index in [4.69, 9.17) is 65.4 Å². The third-order valence-corrected chi connectivity index (χ3v) is 14.4. The molecule has 19 heteroatoms. The molecular weight excluding hydrogens is 1080 g/mol. The fraction of sp³-hybridized carbons (Fsp3) is 0.379. The maximum atomic E-state index is 12.2. The molecule has 0 unspecified atom stereocenters. The Balaban J connectivity index is 0.00000861. The van der Waals surface area contributed by atoms with Crippen molar-refractivity contribution in [2.45, 2.75) is 37.8 Å². The van der Waals surface area contributed by atoms with Crippen LogP contribution in [0.25, 0.3) is 22.3 Å². The molecule has 0 fully saturated rings. The van der Waals surface area contributed by atoms with Crippen molar-refractivity contribution in [1.29, 1.82) is 0 Å². The number of carbonyl (C=O) groups is 2. The van der Waals surface area contributed by atoms with E-state index in [1.54, 1.807) is 0 Å². The molecule has 4 heterocycles. The highest BCUT2D eigenvalue weighted by atomic mass is 35.5. The van der Waals surface area contributed by atoms with Crippen molar-refractivity contribution in [3.05, 3.63) is 163 Å². The van der Waals surface area contributed by atoms with Crippen LogP contribution in [0.5, 0.6) is 0 Å². The molecule has 4 aromatic carbocycles. The first-order valence-corrected chi connectivity index (χ1v) is 27.3. The van der Waals surface area contributed by atoms with Gasteiger partial charge in [-0.05, 0) is 107 Å². The minimum Gasteiger partial charge on any atom is -0.377 e. The summed E-state index contributed by atoms with van der Waals surface area (Å²) in [5.74, 6) is 1.42. The molecule has 2 amide bonds. The molecule has 4 N–H and O–H groups in total. The maximum Gasteiger partial charge on any atom is 0.220 e. The molecule has 0 aliphatic carbocycles. The van der Waals surface area contributed by atoms with Gasteiger partial charge in [-0.15, -0.1) is 12.4 Å². The van der Waals surface area contributed by atoms with Crippen LogP contribution in [-0.4, -0.2) is 138 Å². The van der Waals surface area contributed by atoms with E-state index in [1.165, 1.54) is 22.3 Å². The van der Waals surface area contributed by atoms with E-state index in [-0.39, 0.29) is 48.9 Å². The summed E-state index contributed by atoms with van der Waals surface area (Å²) >= 11 is 26.1. The Morgan fingerprint density at radius 3 is 1.31 bits per heavy atom. The average Bonchev–Trinajstić information content (AvgIpc) is 3.42. The number of hydrogen-bond acceptors (Lipinski definition) is 12. The van der Waals surface area contributed by atoms with Crippen LogP contribution < -0.4 is 21.3 Å². The first-order chi connectivity index (χ1) is 37.0. The Morgan fingerprint density at radius 2 is 0.922 bits per heavy atom. The zero-order valence-corrected chi connectivity index (χ0v) is 47.3. The quantitative estimate of drug-likeness (QED) is 0.0364. The summed E-state index contributed by atoms with van der Waals surface area (Å²) < 4.78 is 22.6. The number of pyridine rings is 2. The lowest BCUT2D eigenvalue weighted by molar-refractivity contribution is -0.126. The minimum atomic E-state index is -0.212. The van der Waals surface area contributed by atoms with Crippen molar-refractivity contribution in [2.75, 3.05) is 117 Å². The number of anilines is 2. The normalized spacial score (nSPS) is 15.2. The van der Waals surface area contributed by atoms with Gasteiger partial charge in [-0.1, -0.05) is 94.9 Å². The lowest BCUT2D eigenvalue weighted by Crippen LogP contribution is -2.31. The molecule has 0 saturated heterocycles. The summed E-state index contributed by atoms with van der Waals surface area (Å²) in [5, 5.41) is 14.9. The van der Waals surface area contributed by atoms with Crippen LogP contribution in [0.3, 0.4) is 0 Å². The molecule has 0 spiro atoms. The van der Waals surface area contributed by atoms with Gasteiger partial charge >= 0.3 is 0 Å². The van der Waals surface area contributed by atoms with Crippen LogP contribution in [0.4, 0.5) is 11.6 Å². The third-order valence-electron chi connectivity index (χ3n) is 13.3. The molecule has 0 saturated carbocycles. The van der Waals surface area contributed by atoms with Gasteiger partial charge in [-0.2, -0.15) is 0 Å². The monoisotopic (exact) mass is 1150 g/mol. The number of aromatic nitrogens is 2. The Hall–Kier alpha value is -5.07. The SMILES string of the molecule is CN1Cc2c(Cl)cc(Cl)cc2[C@H](c2cccc(-c3ccc(NCCOCCOCCNC(=O)CCC(=O)NCCOCCOCCNc4ccc(-c5cccc([C@@H]6CN(C)Cc7c(Cl)cc(Cl)cc76)c5)cn4)nc3)c2)C1.Cl. The molecule has 2 aromatic heterocycles. The summed E-state index contributed by atoms with van der Waals surface area (Å²) in [5.41, 5.74) is 11.3. The molecule has 0 radical (unpaired) electrons. The number of amides is 2. The number of carbonyl (C=O) groups excluding carboxylic acids is 2. The van der Waals surface area contributed by atoms with Gasteiger partial charge in [-0.3, -0.25) is 9.59 Å². The summed E-state index contributed by atoms with van der Waals surface area (Å²) in [4.78, 5) is 38.3. The highest BCUT2D eigenvalue weighted by Crippen LogP contribution is 2.41. The zero-order chi connectivity index (χ0) is 53.2. The molecule has 410 valence electrons. The van der Waals surface area contributed by atoms with E-state index in [0.29, 0.717) is 99.1 Å². The van der Waals surface area contributed by atoms with Crippen molar-refractivity contribution in [3.8, 4) is 22.3 Å². The standard InChI is InChI=1S/C58H66Cl4N8O6.ClH/c1-69-35-49(47-29-45(59)31-53(61)51(47)37-69)41-7-3-5-39(27-41)43-9-11-55(67-33-43)63-15-19-73-23-25-75-21-17-65-57(71)13-14-58(72)66-18-22-76-26-24-74-20-16-64-56-12-10-44(34-68-56)40-6-4-8-42(28-40)50-36-70(2)38-52-48(50)30-46(60)32-54(52)62;/h3-12,27-34,49-50H,13-26,35-38H2,1-2H3,(H,63,67)(H,64,68)(H,65,71)(H,66,72);1H/t49-,50-;/m0./s1. The second-order valence-electron chi connectivity index (χ2n) is 19.0. The first kappa shape index (κ1) is 59.6. The fourth-order valence-electron chi connectivity index (χ4n) is 9.55. The van der Waals surface area contributed by atoms with Gasteiger partial charge in [0.15, 0.2) is 0 Å². The molecule has 77 heavy (non-hydrogen) atoms. The Morgan fingerprint density at radius 1 is 0.519 bits per heavy atom. The predicted molar refractivity (Wildman–Crippen MR) is 311 cm³/mol. The predicted octanol–water partition coefficient (Wildman–Crippen LogP) is 10.6. The number of rotatable bonds is 27. The largest absolute Gasteiger partial charge is 0.377 e. The second kappa shape index (κ2) is 30.3. The second-order valence-corrected chi connectivity index (χ2v) is 20.7. The van der Waals surface area contributed by atoms with E-state index in [2.05, 4.69) is 116 Å². The molecule has 2 aliphatic heterocycles. The van der Waals surface area contributed by atoms with Crippen LogP contribution in [0.1, 0.15) is 58.1 Å². The van der Waals surface area contributed by atoms with Gasteiger partial charge in [0.05, 0.1) is 52.9 Å². The summed E-state index contributed by atoms with van der Waals surface area (Å²) in [6.45, 7) is 8.50. The third kappa shape index (κ3) is 17.7. The van der Waals surface area contributed by atoms with E-state index in [1.807, 2.05) is 48.8 Å². The molecule has 2 aliphatic rings. The molecule has 0 bridgehead atoms. The summed E-state index contributed by atoms with van der Waals surface area (Å²) in [6, 6.07) is 33.0. The Kier molecular flexibility index (Phi) is 23.5. The molecular formula is C58H67Cl5N8O6. The highest BCUT2D eigenvalue weighted by Gasteiger charge is 2.29. The fourth-order valence-corrected chi connectivity index (χ4v) is 10.7. The van der Waals surface area contributed by atoms with Gasteiger partial charge in [0, 0.05) is 121 Å². The zero-order valence-electron chi connectivity index (χ0n) is 43.4. The van der Waals surface area contributed by atoms with Gasteiger partial charge in [-0.25, -0.2) is 9.97 Å². The number of hydrogen-bond donors (Lipinski definition) is 4. The van der Waals surface area contributed by atoms with E-state index >= 15 is 0 Å². The molecule has 6 aromatic rings. The lowest BCUT2D eigenvalue weighted by Gasteiger charge is -2.33. The molecule has 14 nitrogen and oxygen atoms in total. The van der Waals surface area contributed by atoms with E-state index in [0.717, 1.165) is 71.2 Å². The number of likely N-dealkylation sites (N-methyl/N-ethyl adjacent to an activating group) is 2. The summed E-state index contributed by atoms with van der Waals surface area (Å²) in [7, 11) is 4.23. The van der Waals surface area contributed by atoms with Crippen LogP contribution in [0.2, 0.25) is 20.1 Å². The smallest absolute Gasteiger partial charge is 0.220 e. The number of nitrogens with one attached hydrogen (secondary N) is 4. The number of benzene rings is 4. The van der Waals surface area contributed by atoms with Crippen LogP contribution in [0.15, 0.2) is 109 Å². The maximum absolute atomic E-state index is 12.2. The van der Waals surface area contributed by atoms with E-state index in [9.17, 15) is 9.59 Å². The Bertz CT molecular complexity index is 2670. The summed E-state index contributed by atoms with van der Waals surface area (Å²) in [6.07, 6.45) is 3.93. The average molecular weight is 1150 g/mol. The van der Waals surface area contributed by atoms with Gasteiger partial charge < -0.3 is 50.0 Å². The van der Waals surface area contributed by atoms with Crippen molar-refractivity contribution in [2.24, 2.45) is 0 Å². The van der Waals surface area contributed by atoms with Gasteiger partial charge in [0.1, 0.15) is 11.6 Å². The van der Waals surface area contributed by atoms with Crippen molar-refractivity contribution >= 4 is 82.3 Å². The van der Waals surface area contributed by atoms with Crippen molar-refractivity contribution < 1.29 is 28.5 Å². The van der Waals surface area contributed by atoms with Gasteiger partial charge in [0.2, 0.25) is 11.8 Å². The van der Waals surface area contributed by atoms with Crippen LogP contribution in [-0.2, 0) is 41.6 Å². The van der Waals surface area contributed by atoms with Crippen molar-refractivity contribution in [1.82, 2.24) is 30.4 Å². The number of fused-ring (bicyclic) bond motifs is 2. The number of nitrogens with zero attached hydrogens (tertiary/aromatic N) is 4. The lowest BCUT2D eigenvalue weighted by atomic mass is 9.84. The number of halogens is 5. The topological polar surface area (TPSA) is 151 Å². The van der Waals surface area contributed by atoms with E-state index < -0.39 is 0 Å². The van der Waals surface area contributed by atoms with Gasteiger partial charge in [0.25, 0.3) is 0 Å². The molecule has 2 atom stereocenters. The highest BCUT2D eigenvalue weighted by molar-refractivity contribution is 6.35. The van der Waals surface area contributed by atoms with Crippen molar-refractivity contribution in [3.63, 3.8) is 0 Å². The first-order valence-electron chi connectivity index (χ1n) is 25.7. The van der Waals surface area contributed by atoms with Crippen LogP contribution >= 0.6 is 58.8 Å². The number of ether oxygens (including phenoxy) is 4. The minimum absolute atomic E-state index is 0. The Labute approximate surface area is 478 Å². The molecule has 8 rings (SSSR count).